The lowest BCUT2D eigenvalue weighted by Gasteiger charge is -2.25. The minimum atomic E-state index is -1.54. The van der Waals surface area contributed by atoms with E-state index in [2.05, 4.69) is 25.2 Å². The minimum Gasteiger partial charge on any atom is -0.396 e. The van der Waals surface area contributed by atoms with E-state index in [0.29, 0.717) is 6.42 Å². The van der Waals surface area contributed by atoms with Gasteiger partial charge in [0.05, 0.1) is 14.2 Å². The molecule has 2 N–H and O–H groups in total. The molecule has 0 aliphatic heterocycles. The summed E-state index contributed by atoms with van der Waals surface area (Å²) in [6, 6.07) is 11.2. The van der Waals surface area contributed by atoms with E-state index in [4.69, 9.17) is 5.11 Å². The molecule has 1 aromatic carbocycles. The maximum Gasteiger partial charge on any atom is 0.0831 e. The molecule has 2 nitrogen and oxygen atoms in total. The first kappa shape index (κ1) is 12.4. The molecule has 84 valence electrons. The molecule has 15 heavy (non-hydrogen) atoms. The van der Waals surface area contributed by atoms with Gasteiger partial charge in [-0.2, -0.15) is 0 Å². The molecule has 1 atom stereocenters. The molecule has 1 aromatic rings. The predicted molar refractivity (Wildman–Crippen MR) is 66.1 cm³/mol. The molecule has 0 bridgehead atoms. The fourth-order valence-electron chi connectivity index (χ4n) is 1.85. The lowest BCUT2D eigenvalue weighted by atomic mass is 10.3. The highest BCUT2D eigenvalue weighted by atomic mass is 28.3. The zero-order valence-electron chi connectivity index (χ0n) is 9.48. The van der Waals surface area contributed by atoms with Crippen molar-refractivity contribution in [2.24, 2.45) is 0 Å². The van der Waals surface area contributed by atoms with E-state index in [1.165, 1.54) is 5.19 Å². The van der Waals surface area contributed by atoms with Gasteiger partial charge in [0.25, 0.3) is 0 Å². The smallest absolute Gasteiger partial charge is 0.0831 e. The van der Waals surface area contributed by atoms with E-state index in [1.54, 1.807) is 0 Å². The van der Waals surface area contributed by atoms with Gasteiger partial charge in [0.1, 0.15) is 0 Å². The molecule has 3 heteroatoms. The van der Waals surface area contributed by atoms with Crippen LogP contribution in [0.5, 0.6) is 0 Å². The second-order valence-electron chi connectivity index (χ2n) is 4.62. The van der Waals surface area contributed by atoms with Crippen molar-refractivity contribution < 1.29 is 10.2 Å². The lowest BCUT2D eigenvalue weighted by Crippen LogP contribution is -2.44. The second-order valence-corrected chi connectivity index (χ2v) is 9.37. The molecule has 0 unspecified atom stereocenters. The Morgan fingerprint density at radius 3 is 2.33 bits per heavy atom. The van der Waals surface area contributed by atoms with Crippen LogP contribution in [0.4, 0.5) is 0 Å². The highest BCUT2D eigenvalue weighted by Gasteiger charge is 2.26. The van der Waals surface area contributed by atoms with Gasteiger partial charge in [-0.15, -0.1) is 0 Å². The third-order valence-electron chi connectivity index (χ3n) is 2.76. The van der Waals surface area contributed by atoms with E-state index >= 15 is 0 Å². The fraction of sp³-hybridized carbons (Fsp3) is 0.500. The molecule has 0 aliphatic rings. The van der Waals surface area contributed by atoms with Crippen LogP contribution < -0.4 is 5.19 Å². The molecule has 0 aliphatic carbocycles. The summed E-state index contributed by atoms with van der Waals surface area (Å²) in [4.78, 5) is 0. The average molecular weight is 224 g/mol. The maximum absolute atomic E-state index is 9.72. The van der Waals surface area contributed by atoms with Gasteiger partial charge in [-0.1, -0.05) is 48.6 Å². The van der Waals surface area contributed by atoms with Crippen LogP contribution in [0.3, 0.4) is 0 Å². The first-order valence-electron chi connectivity index (χ1n) is 5.41. The number of hydrogen-bond acceptors (Lipinski definition) is 2. The summed E-state index contributed by atoms with van der Waals surface area (Å²) < 4.78 is 0. The van der Waals surface area contributed by atoms with Crippen LogP contribution in [-0.4, -0.2) is 31.0 Å². The molecule has 1 rings (SSSR count). The number of aliphatic hydroxyl groups excluding tert-OH is 2. The Labute approximate surface area is 92.6 Å². The van der Waals surface area contributed by atoms with Crippen LogP contribution in [0.25, 0.3) is 0 Å². The SMILES string of the molecule is C[Si](C)(C[C@@H](O)CCO)c1ccccc1. The minimum absolute atomic E-state index is 0.0699. The van der Waals surface area contributed by atoms with Gasteiger partial charge in [-0.25, -0.2) is 0 Å². The number of aliphatic hydroxyl groups is 2. The molecular weight excluding hydrogens is 204 g/mol. The summed E-state index contributed by atoms with van der Waals surface area (Å²) in [6.45, 7) is 4.58. The van der Waals surface area contributed by atoms with Gasteiger partial charge >= 0.3 is 0 Å². The first-order chi connectivity index (χ1) is 7.06. The molecule has 0 amide bonds. The highest BCUT2D eigenvalue weighted by Crippen LogP contribution is 2.14. The zero-order chi connectivity index (χ0) is 11.3. The Bertz CT molecular complexity index is 285. The molecular formula is C12H20O2Si. The van der Waals surface area contributed by atoms with Crippen LogP contribution in [0, 0.1) is 0 Å². The molecule has 0 saturated heterocycles. The topological polar surface area (TPSA) is 40.5 Å². The van der Waals surface area contributed by atoms with Gasteiger partial charge in [0.2, 0.25) is 0 Å². The Morgan fingerprint density at radius 2 is 1.80 bits per heavy atom. The van der Waals surface area contributed by atoms with Crippen molar-refractivity contribution in [3.8, 4) is 0 Å². The van der Waals surface area contributed by atoms with E-state index in [-0.39, 0.29) is 12.7 Å². The van der Waals surface area contributed by atoms with Gasteiger partial charge in [0, 0.05) is 6.61 Å². The van der Waals surface area contributed by atoms with Crippen molar-refractivity contribution in [2.75, 3.05) is 6.61 Å². The van der Waals surface area contributed by atoms with Crippen LogP contribution in [0.2, 0.25) is 19.1 Å². The largest absolute Gasteiger partial charge is 0.396 e. The summed E-state index contributed by atoms with van der Waals surface area (Å²) >= 11 is 0. The third kappa shape index (κ3) is 3.78. The summed E-state index contributed by atoms with van der Waals surface area (Å²) in [5.41, 5.74) is 0. The van der Waals surface area contributed by atoms with E-state index in [9.17, 15) is 5.11 Å². The summed E-state index contributed by atoms with van der Waals surface area (Å²) in [5.74, 6) is 0. The number of benzene rings is 1. The zero-order valence-corrected chi connectivity index (χ0v) is 10.5. The highest BCUT2D eigenvalue weighted by molar-refractivity contribution is 6.89. The Hall–Kier alpha value is -0.643. The van der Waals surface area contributed by atoms with E-state index in [0.717, 1.165) is 6.04 Å². The van der Waals surface area contributed by atoms with E-state index < -0.39 is 8.07 Å². The second kappa shape index (κ2) is 5.44. The Kier molecular flexibility index (Phi) is 4.51. The maximum atomic E-state index is 9.72. The van der Waals surface area contributed by atoms with Crippen molar-refractivity contribution in [2.45, 2.75) is 31.7 Å². The van der Waals surface area contributed by atoms with E-state index in [1.807, 2.05) is 18.2 Å². The van der Waals surface area contributed by atoms with Crippen molar-refractivity contribution >= 4 is 13.3 Å². The summed E-state index contributed by atoms with van der Waals surface area (Å²) in [5, 5.41) is 19.8. The van der Waals surface area contributed by atoms with Crippen molar-refractivity contribution in [3.63, 3.8) is 0 Å². The fourth-order valence-corrected chi connectivity index (χ4v) is 4.56. The molecule has 0 spiro atoms. The quantitative estimate of drug-likeness (QED) is 0.741. The molecule has 0 aromatic heterocycles. The van der Waals surface area contributed by atoms with Crippen LogP contribution in [0.15, 0.2) is 30.3 Å². The standard InChI is InChI=1S/C12H20O2Si/c1-15(2,10-11(14)8-9-13)12-6-4-3-5-7-12/h3-7,11,13-14H,8-10H2,1-2H3/t11-/m0/s1. The third-order valence-corrected chi connectivity index (χ3v) is 6.15. The van der Waals surface area contributed by atoms with Crippen LogP contribution in [0.1, 0.15) is 6.42 Å². The average Bonchev–Trinajstić information content (AvgIpc) is 2.18. The molecule has 0 fully saturated rings. The van der Waals surface area contributed by atoms with Crippen LogP contribution >= 0.6 is 0 Å². The van der Waals surface area contributed by atoms with Gasteiger partial charge in [-0.3, -0.25) is 0 Å². The number of rotatable bonds is 5. The molecule has 0 saturated carbocycles. The predicted octanol–water partition coefficient (Wildman–Crippen LogP) is 1.35. The monoisotopic (exact) mass is 224 g/mol. The summed E-state index contributed by atoms with van der Waals surface area (Å²) in [7, 11) is -1.54. The molecule has 0 heterocycles. The summed E-state index contributed by atoms with van der Waals surface area (Å²) in [6.07, 6.45) is 0.125. The number of hydrogen-bond donors (Lipinski definition) is 2. The van der Waals surface area contributed by atoms with Crippen molar-refractivity contribution in [1.82, 2.24) is 0 Å². The van der Waals surface area contributed by atoms with Crippen molar-refractivity contribution in [3.05, 3.63) is 30.3 Å². The normalized spacial score (nSPS) is 13.9. The Balaban J connectivity index is 2.67. The Morgan fingerprint density at radius 1 is 1.20 bits per heavy atom. The first-order valence-corrected chi connectivity index (χ1v) is 8.61. The van der Waals surface area contributed by atoms with Gasteiger partial charge < -0.3 is 10.2 Å². The van der Waals surface area contributed by atoms with Gasteiger partial charge in [-0.05, 0) is 12.5 Å². The van der Waals surface area contributed by atoms with Crippen molar-refractivity contribution in [1.29, 1.82) is 0 Å². The van der Waals surface area contributed by atoms with Gasteiger partial charge in [0.15, 0.2) is 0 Å². The molecule has 0 radical (unpaired) electrons. The lowest BCUT2D eigenvalue weighted by molar-refractivity contribution is 0.147. The van der Waals surface area contributed by atoms with Crippen LogP contribution in [-0.2, 0) is 0 Å².